The molecule has 0 spiro atoms. The van der Waals surface area contributed by atoms with Crippen molar-refractivity contribution in [2.45, 2.75) is 38.6 Å². The van der Waals surface area contributed by atoms with Gasteiger partial charge in [-0.15, -0.1) is 0 Å². The van der Waals surface area contributed by atoms with Crippen molar-refractivity contribution < 1.29 is 0 Å². The van der Waals surface area contributed by atoms with Gasteiger partial charge in [-0.1, -0.05) is 29.8 Å². The number of nitrogens with one attached hydrogen (secondary N) is 1. The van der Waals surface area contributed by atoms with E-state index in [1.807, 2.05) is 0 Å². The number of hydrogen-bond acceptors (Lipinski definition) is 2. The molecule has 1 aliphatic rings. The maximum Gasteiger partial charge on any atom is 0.0521 e. The van der Waals surface area contributed by atoms with Crippen molar-refractivity contribution in [3.63, 3.8) is 0 Å². The summed E-state index contributed by atoms with van der Waals surface area (Å²) in [6.45, 7) is 5.38. The Bertz CT molecular complexity index is 390. The molecule has 1 aliphatic carbocycles. The molecule has 0 heterocycles. The molecule has 2 rings (SSSR count). The monoisotopic (exact) mass is 310 g/mol. The first kappa shape index (κ1) is 13.9. The van der Waals surface area contributed by atoms with E-state index < -0.39 is 0 Å². The van der Waals surface area contributed by atoms with Crippen LogP contribution in [0.4, 0.5) is 5.69 Å². The van der Waals surface area contributed by atoms with E-state index in [4.69, 9.17) is 5.73 Å². The van der Waals surface area contributed by atoms with Crippen molar-refractivity contribution in [3.8, 4) is 0 Å². The van der Waals surface area contributed by atoms with Crippen LogP contribution in [-0.2, 0) is 0 Å². The summed E-state index contributed by atoms with van der Waals surface area (Å²) in [6, 6.07) is 8.38. The van der Waals surface area contributed by atoms with Crippen molar-refractivity contribution in [1.29, 1.82) is 0 Å². The third-order valence-electron chi connectivity index (χ3n) is 4.38. The van der Waals surface area contributed by atoms with Crippen LogP contribution in [0.3, 0.4) is 0 Å². The van der Waals surface area contributed by atoms with Crippen LogP contribution in [0.2, 0.25) is 0 Å². The summed E-state index contributed by atoms with van der Waals surface area (Å²) in [7, 11) is 0. The molecule has 1 aromatic carbocycles. The molecule has 1 aromatic rings. The van der Waals surface area contributed by atoms with Crippen LogP contribution < -0.4 is 11.1 Å². The van der Waals surface area contributed by atoms with E-state index in [0.29, 0.717) is 12.5 Å². The van der Waals surface area contributed by atoms with E-state index in [1.165, 1.54) is 24.9 Å². The van der Waals surface area contributed by atoms with E-state index in [9.17, 15) is 0 Å². The van der Waals surface area contributed by atoms with Gasteiger partial charge >= 0.3 is 0 Å². The Morgan fingerprint density at radius 1 is 1.33 bits per heavy atom. The minimum Gasteiger partial charge on any atom is -0.378 e. The van der Waals surface area contributed by atoms with E-state index in [0.717, 1.165) is 10.4 Å². The van der Waals surface area contributed by atoms with Crippen LogP contribution in [0.5, 0.6) is 0 Å². The van der Waals surface area contributed by atoms with Gasteiger partial charge in [0.2, 0.25) is 0 Å². The van der Waals surface area contributed by atoms with Gasteiger partial charge in [0.05, 0.1) is 5.54 Å². The Morgan fingerprint density at radius 2 is 2.00 bits per heavy atom. The quantitative estimate of drug-likeness (QED) is 0.885. The number of nitrogens with two attached hydrogens (primary N) is 1. The normalized spacial score (nSPS) is 32.2. The molecule has 1 saturated carbocycles. The molecular formula is C15H23BrN2. The Balaban J connectivity index is 2.15. The number of halogens is 1. The molecule has 100 valence electrons. The number of benzene rings is 1. The highest BCUT2D eigenvalue weighted by Crippen LogP contribution is 2.38. The molecule has 0 amide bonds. The van der Waals surface area contributed by atoms with Crippen molar-refractivity contribution in [3.05, 3.63) is 28.7 Å². The van der Waals surface area contributed by atoms with Gasteiger partial charge in [0.25, 0.3) is 0 Å². The highest BCUT2D eigenvalue weighted by Gasteiger charge is 2.38. The third-order valence-corrected chi connectivity index (χ3v) is 4.91. The average Bonchev–Trinajstić information content (AvgIpc) is 2.36. The van der Waals surface area contributed by atoms with E-state index >= 15 is 0 Å². The summed E-state index contributed by atoms with van der Waals surface area (Å²) >= 11 is 3.47. The lowest BCUT2D eigenvalue weighted by molar-refractivity contribution is 0.189. The molecule has 18 heavy (non-hydrogen) atoms. The largest absolute Gasteiger partial charge is 0.378 e. The first-order chi connectivity index (χ1) is 8.55. The van der Waals surface area contributed by atoms with Gasteiger partial charge in [-0.3, -0.25) is 0 Å². The van der Waals surface area contributed by atoms with Crippen LogP contribution in [-0.4, -0.2) is 12.1 Å². The number of rotatable bonds is 3. The second-order valence-corrected chi connectivity index (χ2v) is 6.69. The van der Waals surface area contributed by atoms with Crippen molar-refractivity contribution in [2.24, 2.45) is 17.6 Å². The standard InChI is InChI=1S/C15H23BrN2/c1-11-7-8-15(10-17,12(2)9-11)18-14-5-3-13(16)4-6-14/h3-6,11-12,18H,7-10,17H2,1-2H3. The predicted molar refractivity (Wildman–Crippen MR) is 81.7 cm³/mol. The molecular weight excluding hydrogens is 288 g/mol. The molecule has 0 saturated heterocycles. The van der Waals surface area contributed by atoms with Gasteiger partial charge in [-0.2, -0.15) is 0 Å². The summed E-state index contributed by atoms with van der Waals surface area (Å²) < 4.78 is 1.11. The molecule has 2 nitrogen and oxygen atoms in total. The lowest BCUT2D eigenvalue weighted by Crippen LogP contribution is -2.53. The third kappa shape index (κ3) is 2.89. The maximum absolute atomic E-state index is 6.08. The zero-order valence-electron chi connectivity index (χ0n) is 11.2. The molecule has 0 bridgehead atoms. The van der Waals surface area contributed by atoms with Crippen LogP contribution >= 0.6 is 15.9 Å². The van der Waals surface area contributed by atoms with E-state index in [1.54, 1.807) is 0 Å². The summed E-state index contributed by atoms with van der Waals surface area (Å²) in [5, 5.41) is 3.70. The minimum atomic E-state index is 0.0698. The van der Waals surface area contributed by atoms with Gasteiger partial charge in [0.15, 0.2) is 0 Å². The number of hydrogen-bond donors (Lipinski definition) is 2. The SMILES string of the molecule is CC1CCC(CN)(Nc2ccc(Br)cc2)C(C)C1. The molecule has 3 atom stereocenters. The Labute approximate surface area is 118 Å². The maximum atomic E-state index is 6.08. The highest BCUT2D eigenvalue weighted by molar-refractivity contribution is 9.10. The second-order valence-electron chi connectivity index (χ2n) is 5.77. The van der Waals surface area contributed by atoms with Crippen LogP contribution in [0, 0.1) is 11.8 Å². The molecule has 1 fully saturated rings. The Hall–Kier alpha value is -0.540. The summed E-state index contributed by atoms with van der Waals surface area (Å²) in [6.07, 6.45) is 3.70. The molecule has 0 radical (unpaired) electrons. The predicted octanol–water partition coefficient (Wildman–Crippen LogP) is 4.01. The lowest BCUT2D eigenvalue weighted by atomic mass is 9.70. The van der Waals surface area contributed by atoms with Crippen LogP contribution in [0.15, 0.2) is 28.7 Å². The summed E-state index contributed by atoms with van der Waals surface area (Å²) in [4.78, 5) is 0. The fraction of sp³-hybridized carbons (Fsp3) is 0.600. The first-order valence-electron chi connectivity index (χ1n) is 6.79. The fourth-order valence-corrected chi connectivity index (χ4v) is 3.32. The van der Waals surface area contributed by atoms with Gasteiger partial charge < -0.3 is 11.1 Å². The number of anilines is 1. The van der Waals surface area contributed by atoms with Gasteiger partial charge in [0.1, 0.15) is 0 Å². The Morgan fingerprint density at radius 3 is 2.56 bits per heavy atom. The average molecular weight is 311 g/mol. The fourth-order valence-electron chi connectivity index (χ4n) is 3.06. The molecule has 3 unspecified atom stereocenters. The topological polar surface area (TPSA) is 38.0 Å². The van der Waals surface area contributed by atoms with Crippen LogP contribution in [0.25, 0.3) is 0 Å². The molecule has 3 N–H and O–H groups in total. The summed E-state index contributed by atoms with van der Waals surface area (Å²) in [5.41, 5.74) is 7.32. The second kappa shape index (κ2) is 5.62. The lowest BCUT2D eigenvalue weighted by Gasteiger charge is -2.45. The zero-order chi connectivity index (χ0) is 13.2. The smallest absolute Gasteiger partial charge is 0.0521 e. The first-order valence-corrected chi connectivity index (χ1v) is 7.59. The van der Waals surface area contributed by atoms with Crippen molar-refractivity contribution in [2.75, 3.05) is 11.9 Å². The Kier molecular flexibility index (Phi) is 4.33. The summed E-state index contributed by atoms with van der Waals surface area (Å²) in [5.74, 6) is 1.45. The van der Waals surface area contributed by atoms with Gasteiger partial charge in [-0.05, 0) is 55.4 Å². The van der Waals surface area contributed by atoms with E-state index in [2.05, 4.69) is 59.4 Å². The molecule has 3 heteroatoms. The van der Waals surface area contributed by atoms with Gasteiger partial charge in [0, 0.05) is 16.7 Å². The molecule has 0 aromatic heterocycles. The van der Waals surface area contributed by atoms with Crippen LogP contribution in [0.1, 0.15) is 33.1 Å². The van der Waals surface area contributed by atoms with Crippen molar-refractivity contribution in [1.82, 2.24) is 0 Å². The van der Waals surface area contributed by atoms with E-state index in [-0.39, 0.29) is 5.54 Å². The molecule has 0 aliphatic heterocycles. The zero-order valence-corrected chi connectivity index (χ0v) is 12.8. The van der Waals surface area contributed by atoms with Crippen molar-refractivity contribution >= 4 is 21.6 Å². The minimum absolute atomic E-state index is 0.0698. The van der Waals surface area contributed by atoms with Gasteiger partial charge in [-0.25, -0.2) is 0 Å². The highest BCUT2D eigenvalue weighted by atomic mass is 79.9.